The summed E-state index contributed by atoms with van der Waals surface area (Å²) in [7, 11) is 2.22. The van der Waals surface area contributed by atoms with Crippen LogP contribution in [-0.2, 0) is 6.54 Å². The molecule has 0 amide bonds. The predicted molar refractivity (Wildman–Crippen MR) is 76.6 cm³/mol. The number of likely N-dealkylation sites (N-methyl/N-ethyl adjacent to an activating group) is 1. The zero-order valence-corrected chi connectivity index (χ0v) is 12.6. The van der Waals surface area contributed by atoms with Crippen molar-refractivity contribution in [2.45, 2.75) is 25.4 Å². The number of halogens is 2. The van der Waals surface area contributed by atoms with Crippen LogP contribution in [0.1, 0.15) is 18.4 Å². The van der Waals surface area contributed by atoms with Gasteiger partial charge in [0.2, 0.25) is 0 Å². The quantitative estimate of drug-likeness (QED) is 0.915. The average molecular weight is 326 g/mol. The van der Waals surface area contributed by atoms with E-state index in [0.29, 0.717) is 0 Å². The van der Waals surface area contributed by atoms with E-state index in [1.54, 1.807) is 11.3 Å². The largest absolute Gasteiger partial charge is 0.311 e. The molecule has 0 radical (unpaired) electrons. The van der Waals surface area contributed by atoms with Crippen molar-refractivity contribution in [1.29, 1.82) is 0 Å². The zero-order valence-electron chi connectivity index (χ0n) is 9.41. The van der Waals surface area contributed by atoms with Crippen LogP contribution < -0.4 is 5.32 Å². The Kier molecular flexibility index (Phi) is 6.29. The Morgan fingerprint density at radius 3 is 3.00 bits per heavy atom. The van der Waals surface area contributed by atoms with Gasteiger partial charge in [0.25, 0.3) is 0 Å². The minimum Gasteiger partial charge on any atom is -0.311 e. The molecule has 0 spiro atoms. The summed E-state index contributed by atoms with van der Waals surface area (Å²) in [5, 5.41) is 5.74. The van der Waals surface area contributed by atoms with E-state index in [-0.39, 0.29) is 12.4 Å². The minimum absolute atomic E-state index is 0. The van der Waals surface area contributed by atoms with E-state index < -0.39 is 0 Å². The summed E-state index contributed by atoms with van der Waals surface area (Å²) in [6, 6.07) is 2.93. The van der Waals surface area contributed by atoms with E-state index in [2.05, 4.69) is 44.6 Å². The second-order valence-electron chi connectivity index (χ2n) is 4.17. The van der Waals surface area contributed by atoms with Crippen molar-refractivity contribution in [2.75, 3.05) is 20.1 Å². The Balaban J connectivity index is 0.00000128. The lowest BCUT2D eigenvalue weighted by atomic mass is 10.2. The van der Waals surface area contributed by atoms with Gasteiger partial charge in [-0.15, -0.1) is 23.7 Å². The van der Waals surface area contributed by atoms with E-state index >= 15 is 0 Å². The number of nitrogens with zero attached hydrogens (tertiary/aromatic N) is 1. The van der Waals surface area contributed by atoms with Crippen molar-refractivity contribution < 1.29 is 0 Å². The van der Waals surface area contributed by atoms with Crippen LogP contribution in [-0.4, -0.2) is 31.1 Å². The molecule has 5 heteroatoms. The van der Waals surface area contributed by atoms with Crippen LogP contribution in [0.3, 0.4) is 0 Å². The molecule has 1 atom stereocenters. The highest BCUT2D eigenvalue weighted by Gasteiger charge is 2.19. The molecule has 0 aliphatic carbocycles. The van der Waals surface area contributed by atoms with Crippen molar-refractivity contribution in [3.8, 4) is 0 Å². The van der Waals surface area contributed by atoms with Crippen molar-refractivity contribution in [2.24, 2.45) is 0 Å². The van der Waals surface area contributed by atoms with Crippen LogP contribution in [0.2, 0.25) is 0 Å². The molecule has 0 bridgehead atoms. The van der Waals surface area contributed by atoms with Gasteiger partial charge in [0.1, 0.15) is 0 Å². The van der Waals surface area contributed by atoms with Crippen LogP contribution in [0, 0.1) is 0 Å². The summed E-state index contributed by atoms with van der Waals surface area (Å²) >= 11 is 5.24. The fourth-order valence-corrected chi connectivity index (χ4v) is 3.27. The Morgan fingerprint density at radius 2 is 2.44 bits per heavy atom. The van der Waals surface area contributed by atoms with Gasteiger partial charge in [0.15, 0.2) is 0 Å². The average Bonchev–Trinajstić information content (AvgIpc) is 2.77. The van der Waals surface area contributed by atoms with Gasteiger partial charge in [0.05, 0.1) is 3.79 Å². The molecular formula is C11H18BrClN2S. The lowest BCUT2D eigenvalue weighted by Crippen LogP contribution is -2.35. The Morgan fingerprint density at radius 1 is 1.62 bits per heavy atom. The molecule has 1 unspecified atom stereocenters. The summed E-state index contributed by atoms with van der Waals surface area (Å²) in [5.41, 5.74) is 1.38. The molecule has 1 aromatic heterocycles. The molecule has 16 heavy (non-hydrogen) atoms. The first-order valence-corrected chi connectivity index (χ1v) is 7.07. The first kappa shape index (κ1) is 14.5. The molecule has 1 aromatic rings. The molecule has 1 aliphatic rings. The van der Waals surface area contributed by atoms with E-state index in [1.165, 1.54) is 28.7 Å². The van der Waals surface area contributed by atoms with Crippen LogP contribution >= 0.6 is 39.7 Å². The molecule has 2 nitrogen and oxygen atoms in total. The lowest BCUT2D eigenvalue weighted by molar-refractivity contribution is 0.300. The molecule has 2 heterocycles. The van der Waals surface area contributed by atoms with Gasteiger partial charge in [-0.25, -0.2) is 0 Å². The minimum atomic E-state index is 0. The highest BCUT2D eigenvalue weighted by molar-refractivity contribution is 9.11. The predicted octanol–water partition coefficient (Wildman–Crippen LogP) is 3.12. The number of nitrogens with one attached hydrogen (secondary N) is 1. The molecule has 0 saturated carbocycles. The van der Waals surface area contributed by atoms with Crippen LogP contribution in [0.4, 0.5) is 0 Å². The molecule has 1 saturated heterocycles. The maximum Gasteiger partial charge on any atom is 0.0701 e. The summed E-state index contributed by atoms with van der Waals surface area (Å²) in [6.07, 6.45) is 2.70. The monoisotopic (exact) mass is 324 g/mol. The maximum absolute atomic E-state index is 3.53. The van der Waals surface area contributed by atoms with Crippen molar-refractivity contribution in [3.63, 3.8) is 0 Å². The normalized spacial score (nSPS) is 21.0. The van der Waals surface area contributed by atoms with Gasteiger partial charge in [-0.05, 0) is 59.4 Å². The molecule has 0 aromatic carbocycles. The number of thiophene rings is 1. The van der Waals surface area contributed by atoms with Crippen LogP contribution in [0.25, 0.3) is 0 Å². The molecular weight excluding hydrogens is 308 g/mol. The molecule has 2 rings (SSSR count). The smallest absolute Gasteiger partial charge is 0.0701 e. The van der Waals surface area contributed by atoms with Gasteiger partial charge in [0, 0.05) is 19.1 Å². The SMILES string of the molecule is CN1CCCC1CNCc1csc(Br)c1.Cl. The maximum atomic E-state index is 3.53. The molecule has 1 fully saturated rings. The van der Waals surface area contributed by atoms with Crippen LogP contribution in [0.15, 0.2) is 15.2 Å². The standard InChI is InChI=1S/C11H17BrN2S.ClH/c1-14-4-2-3-10(14)7-13-6-9-5-11(12)15-8-9;/h5,8,10,13H,2-4,6-7H2,1H3;1H. The lowest BCUT2D eigenvalue weighted by Gasteiger charge is -2.19. The number of hydrogen-bond acceptors (Lipinski definition) is 3. The third-order valence-corrected chi connectivity index (χ3v) is 4.56. The highest BCUT2D eigenvalue weighted by Crippen LogP contribution is 2.20. The summed E-state index contributed by atoms with van der Waals surface area (Å²) < 4.78 is 1.22. The number of likely N-dealkylation sites (tertiary alicyclic amines) is 1. The molecule has 1 aliphatic heterocycles. The summed E-state index contributed by atoms with van der Waals surface area (Å²) in [6.45, 7) is 3.37. The third-order valence-electron chi connectivity index (χ3n) is 3.00. The van der Waals surface area contributed by atoms with Gasteiger partial charge in [-0.2, -0.15) is 0 Å². The van der Waals surface area contributed by atoms with Gasteiger partial charge < -0.3 is 10.2 Å². The highest BCUT2D eigenvalue weighted by atomic mass is 79.9. The fraction of sp³-hybridized carbons (Fsp3) is 0.636. The van der Waals surface area contributed by atoms with Crippen molar-refractivity contribution in [1.82, 2.24) is 10.2 Å². The van der Waals surface area contributed by atoms with Crippen molar-refractivity contribution >= 4 is 39.7 Å². The van der Waals surface area contributed by atoms with Crippen LogP contribution in [0.5, 0.6) is 0 Å². The fourth-order valence-electron chi connectivity index (χ4n) is 2.06. The van der Waals surface area contributed by atoms with E-state index in [4.69, 9.17) is 0 Å². The Hall–Kier alpha value is 0.390. The van der Waals surface area contributed by atoms with Gasteiger partial charge in [-0.3, -0.25) is 0 Å². The summed E-state index contributed by atoms with van der Waals surface area (Å²) in [4.78, 5) is 2.45. The topological polar surface area (TPSA) is 15.3 Å². The number of rotatable bonds is 4. The van der Waals surface area contributed by atoms with Gasteiger partial charge in [-0.1, -0.05) is 0 Å². The second-order valence-corrected chi connectivity index (χ2v) is 6.46. The first-order chi connectivity index (χ1) is 7.25. The molecule has 92 valence electrons. The molecule has 1 N–H and O–H groups in total. The van der Waals surface area contributed by atoms with Gasteiger partial charge >= 0.3 is 0 Å². The summed E-state index contributed by atoms with van der Waals surface area (Å²) in [5.74, 6) is 0. The van der Waals surface area contributed by atoms with E-state index in [9.17, 15) is 0 Å². The first-order valence-electron chi connectivity index (χ1n) is 5.39. The zero-order chi connectivity index (χ0) is 10.7. The van der Waals surface area contributed by atoms with Crippen molar-refractivity contribution in [3.05, 3.63) is 20.8 Å². The number of hydrogen-bond donors (Lipinski definition) is 1. The Labute approximate surface area is 116 Å². The second kappa shape index (κ2) is 6.97. The van der Waals surface area contributed by atoms with E-state index in [1.807, 2.05) is 0 Å². The third kappa shape index (κ3) is 4.00. The van der Waals surface area contributed by atoms with E-state index in [0.717, 1.165) is 19.1 Å². The Bertz CT molecular complexity index is 319.